The summed E-state index contributed by atoms with van der Waals surface area (Å²) in [5.74, 6) is 6.23. The van der Waals surface area contributed by atoms with Gasteiger partial charge in [-0.05, 0) is 39.8 Å². The van der Waals surface area contributed by atoms with Crippen molar-refractivity contribution in [2.24, 2.45) is 10.8 Å². The third kappa shape index (κ3) is 3.61. The van der Waals surface area contributed by atoms with Crippen molar-refractivity contribution in [2.45, 2.75) is 33.2 Å². The topological polar surface area (TPSA) is 50.4 Å². The van der Waals surface area contributed by atoms with Crippen molar-refractivity contribution in [3.8, 4) is 0 Å². The molecule has 16 heavy (non-hydrogen) atoms. The van der Waals surface area contributed by atoms with Gasteiger partial charge in [0.05, 0.1) is 5.54 Å². The third-order valence-corrected chi connectivity index (χ3v) is 2.65. The van der Waals surface area contributed by atoms with E-state index in [1.54, 1.807) is 0 Å². The quantitative estimate of drug-likeness (QED) is 0.360. The van der Waals surface area contributed by atoms with E-state index in [9.17, 15) is 0 Å². The van der Waals surface area contributed by atoms with Crippen LogP contribution < -0.4 is 11.3 Å². The molecule has 3 N–H and O–H groups in total. The highest BCUT2D eigenvalue weighted by Crippen LogP contribution is 2.19. The van der Waals surface area contributed by atoms with Crippen LogP contribution in [0.4, 0.5) is 0 Å². The van der Waals surface area contributed by atoms with Crippen LogP contribution in [0.5, 0.6) is 0 Å². The number of hydrogen-bond donors (Lipinski definition) is 2. The van der Waals surface area contributed by atoms with Crippen molar-refractivity contribution < 1.29 is 0 Å². The molecule has 1 aromatic rings. The smallest absolute Gasteiger partial charge is 0.144 e. The summed E-state index contributed by atoms with van der Waals surface area (Å²) in [4.78, 5) is 4.55. The van der Waals surface area contributed by atoms with Gasteiger partial charge in [0.15, 0.2) is 0 Å². The van der Waals surface area contributed by atoms with Crippen molar-refractivity contribution >= 4 is 21.8 Å². The molecule has 3 nitrogen and oxygen atoms in total. The minimum atomic E-state index is -0.162. The Morgan fingerprint density at radius 1 is 1.38 bits per heavy atom. The van der Waals surface area contributed by atoms with Crippen LogP contribution in [-0.2, 0) is 0 Å². The Balaban J connectivity index is 3.24. The maximum atomic E-state index is 5.53. The summed E-state index contributed by atoms with van der Waals surface area (Å²) in [6.45, 7) is 8.15. The minimum absolute atomic E-state index is 0.162. The first-order valence-electron chi connectivity index (χ1n) is 5.16. The van der Waals surface area contributed by atoms with E-state index in [0.29, 0.717) is 5.84 Å². The Hall–Kier alpha value is -0.870. The fourth-order valence-corrected chi connectivity index (χ4v) is 1.76. The van der Waals surface area contributed by atoms with E-state index in [2.05, 4.69) is 32.4 Å². The van der Waals surface area contributed by atoms with E-state index in [4.69, 9.17) is 5.84 Å². The van der Waals surface area contributed by atoms with Gasteiger partial charge in [-0.25, -0.2) is 5.84 Å². The summed E-state index contributed by atoms with van der Waals surface area (Å²) >= 11 is 3.50. The van der Waals surface area contributed by atoms with Crippen LogP contribution in [-0.4, -0.2) is 11.4 Å². The van der Waals surface area contributed by atoms with Crippen LogP contribution in [0.25, 0.3) is 0 Å². The van der Waals surface area contributed by atoms with E-state index in [1.165, 1.54) is 5.56 Å². The molecule has 0 radical (unpaired) electrons. The number of hydrogen-bond acceptors (Lipinski definition) is 2. The molecule has 0 spiro atoms. The number of nitrogens with two attached hydrogens (primary N) is 1. The summed E-state index contributed by atoms with van der Waals surface area (Å²) in [7, 11) is 0. The highest BCUT2D eigenvalue weighted by molar-refractivity contribution is 9.10. The van der Waals surface area contributed by atoms with Crippen LogP contribution >= 0.6 is 15.9 Å². The van der Waals surface area contributed by atoms with Crippen molar-refractivity contribution in [3.63, 3.8) is 0 Å². The molecule has 0 aliphatic carbocycles. The predicted octanol–water partition coefficient (Wildman–Crippen LogP) is 2.77. The Morgan fingerprint density at radius 2 is 2.00 bits per heavy atom. The largest absolute Gasteiger partial charge is 0.308 e. The first-order valence-corrected chi connectivity index (χ1v) is 5.96. The van der Waals surface area contributed by atoms with Gasteiger partial charge in [0, 0.05) is 10.0 Å². The Morgan fingerprint density at radius 3 is 2.50 bits per heavy atom. The molecule has 1 aromatic carbocycles. The molecule has 0 heterocycles. The molecule has 0 unspecified atom stereocenters. The number of aryl methyl sites for hydroxylation is 1. The van der Waals surface area contributed by atoms with Crippen molar-refractivity contribution in [2.75, 3.05) is 0 Å². The summed E-state index contributed by atoms with van der Waals surface area (Å²) in [6.07, 6.45) is 0. The lowest BCUT2D eigenvalue weighted by Crippen LogP contribution is -2.34. The van der Waals surface area contributed by atoms with Gasteiger partial charge in [-0.2, -0.15) is 0 Å². The average molecular weight is 284 g/mol. The fourth-order valence-electron chi connectivity index (χ4n) is 1.33. The average Bonchev–Trinajstić information content (AvgIpc) is 2.17. The molecular formula is C12H18BrN3. The van der Waals surface area contributed by atoms with Crippen molar-refractivity contribution in [3.05, 3.63) is 33.8 Å². The zero-order valence-corrected chi connectivity index (χ0v) is 11.7. The lowest BCUT2D eigenvalue weighted by Gasteiger charge is -2.17. The molecule has 0 saturated carbocycles. The lowest BCUT2D eigenvalue weighted by molar-refractivity contribution is 0.580. The van der Waals surface area contributed by atoms with Gasteiger partial charge >= 0.3 is 0 Å². The van der Waals surface area contributed by atoms with E-state index in [1.807, 2.05) is 39.8 Å². The van der Waals surface area contributed by atoms with Gasteiger partial charge < -0.3 is 5.43 Å². The number of rotatable bonds is 1. The molecule has 4 heteroatoms. The molecule has 0 aliphatic rings. The van der Waals surface area contributed by atoms with Gasteiger partial charge in [-0.1, -0.05) is 27.6 Å². The fraction of sp³-hybridized carbons (Fsp3) is 0.417. The number of amidine groups is 1. The number of nitrogens with zero attached hydrogens (tertiary/aromatic N) is 1. The molecule has 0 fully saturated rings. The van der Waals surface area contributed by atoms with Crippen molar-refractivity contribution in [1.29, 1.82) is 0 Å². The highest BCUT2D eigenvalue weighted by Gasteiger charge is 2.13. The highest BCUT2D eigenvalue weighted by atomic mass is 79.9. The molecule has 88 valence electrons. The molecule has 1 rings (SSSR count). The zero-order chi connectivity index (χ0) is 12.3. The molecule has 0 atom stereocenters. The summed E-state index contributed by atoms with van der Waals surface area (Å²) in [5.41, 5.74) is 4.66. The second kappa shape index (κ2) is 4.97. The molecule has 0 aromatic heterocycles. The standard InChI is InChI=1S/C12H18BrN3/c1-8-5-6-10(13)9(7-8)11(16-14)15-12(2,3)4/h5-7H,14H2,1-4H3,(H,15,16). The lowest BCUT2D eigenvalue weighted by atomic mass is 10.1. The number of benzene rings is 1. The third-order valence-electron chi connectivity index (χ3n) is 1.96. The molecule has 0 bridgehead atoms. The van der Waals surface area contributed by atoms with Gasteiger partial charge in [-0.15, -0.1) is 0 Å². The maximum Gasteiger partial charge on any atom is 0.144 e. The molecular weight excluding hydrogens is 266 g/mol. The van der Waals surface area contributed by atoms with Gasteiger partial charge in [-0.3, -0.25) is 4.99 Å². The summed E-state index contributed by atoms with van der Waals surface area (Å²) in [6, 6.07) is 6.09. The SMILES string of the molecule is Cc1ccc(Br)c(C(=NC(C)(C)C)NN)c1. The number of hydrazine groups is 1. The molecule has 0 aliphatic heterocycles. The second-order valence-corrected chi connectivity index (χ2v) is 5.61. The Kier molecular flexibility index (Phi) is 4.10. The number of halogens is 1. The van der Waals surface area contributed by atoms with Crippen LogP contribution in [0.1, 0.15) is 31.9 Å². The predicted molar refractivity (Wildman–Crippen MR) is 72.5 cm³/mol. The summed E-state index contributed by atoms with van der Waals surface area (Å²) in [5, 5.41) is 0. The van der Waals surface area contributed by atoms with E-state index < -0.39 is 0 Å². The van der Waals surface area contributed by atoms with Crippen LogP contribution in [0.2, 0.25) is 0 Å². The van der Waals surface area contributed by atoms with Crippen LogP contribution in [0.15, 0.2) is 27.7 Å². The van der Waals surface area contributed by atoms with Gasteiger partial charge in [0.2, 0.25) is 0 Å². The monoisotopic (exact) mass is 283 g/mol. The molecule has 0 saturated heterocycles. The minimum Gasteiger partial charge on any atom is -0.308 e. The van der Waals surface area contributed by atoms with E-state index >= 15 is 0 Å². The zero-order valence-electron chi connectivity index (χ0n) is 10.1. The first-order chi connectivity index (χ1) is 7.33. The van der Waals surface area contributed by atoms with Gasteiger partial charge in [0.25, 0.3) is 0 Å². The number of nitrogens with one attached hydrogen (secondary N) is 1. The maximum absolute atomic E-state index is 5.53. The summed E-state index contributed by atoms with van der Waals surface area (Å²) < 4.78 is 0.985. The van der Waals surface area contributed by atoms with Gasteiger partial charge in [0.1, 0.15) is 5.84 Å². The Labute approximate surface area is 105 Å². The van der Waals surface area contributed by atoms with Crippen molar-refractivity contribution in [1.82, 2.24) is 5.43 Å². The normalized spacial score (nSPS) is 12.8. The van der Waals surface area contributed by atoms with E-state index in [-0.39, 0.29) is 5.54 Å². The Bertz CT molecular complexity index is 405. The number of aliphatic imine (C=N–C) groups is 1. The van der Waals surface area contributed by atoms with Crippen LogP contribution in [0, 0.1) is 6.92 Å². The first kappa shape index (κ1) is 13.2. The molecule has 0 amide bonds. The van der Waals surface area contributed by atoms with Crippen LogP contribution in [0.3, 0.4) is 0 Å². The second-order valence-electron chi connectivity index (χ2n) is 4.76. The van der Waals surface area contributed by atoms with E-state index in [0.717, 1.165) is 10.0 Å².